The van der Waals surface area contributed by atoms with Gasteiger partial charge in [-0.3, -0.25) is 14.4 Å². The van der Waals surface area contributed by atoms with Gasteiger partial charge in [-0.1, -0.05) is 30.7 Å². The third kappa shape index (κ3) is 3.42. The Morgan fingerprint density at radius 2 is 1.68 bits per heavy atom. The number of hydrogen-bond acceptors (Lipinski definition) is 4. The van der Waals surface area contributed by atoms with Crippen LogP contribution < -0.4 is 5.32 Å². The van der Waals surface area contributed by atoms with Gasteiger partial charge in [0.15, 0.2) is 5.78 Å². The Hall–Kier alpha value is -2.43. The minimum absolute atomic E-state index is 0.122. The number of rotatable bonds is 7. The molecule has 116 valence electrons. The molecular weight excluding hydrogens is 282 g/mol. The molecule has 0 aliphatic heterocycles. The van der Waals surface area contributed by atoms with E-state index in [1.165, 1.54) is 0 Å². The third-order valence-corrected chi connectivity index (χ3v) is 3.73. The van der Waals surface area contributed by atoms with Crippen LogP contribution in [0.15, 0.2) is 35.5 Å². The van der Waals surface area contributed by atoms with Crippen LogP contribution in [0.2, 0.25) is 0 Å². The molecule has 0 bridgehead atoms. The number of allylic oxidation sites excluding steroid dienone is 2. The van der Waals surface area contributed by atoms with Crippen molar-refractivity contribution in [1.29, 1.82) is 0 Å². The highest BCUT2D eigenvalue weighted by Crippen LogP contribution is 2.24. The molecule has 5 heteroatoms. The number of aliphatic carboxylic acids is 1. The molecule has 0 amide bonds. The summed E-state index contributed by atoms with van der Waals surface area (Å²) in [4.78, 5) is 35.1. The highest BCUT2D eigenvalue weighted by molar-refractivity contribution is 6.26. The van der Waals surface area contributed by atoms with E-state index < -0.39 is 5.97 Å². The molecule has 1 aromatic carbocycles. The van der Waals surface area contributed by atoms with E-state index in [4.69, 9.17) is 5.11 Å². The number of unbranched alkanes of at least 4 members (excludes halogenated alkanes) is 2. The van der Waals surface area contributed by atoms with Crippen LogP contribution in [0.1, 0.15) is 53.3 Å². The number of fused-ring (bicyclic) bond motifs is 1. The summed E-state index contributed by atoms with van der Waals surface area (Å²) in [6.45, 7) is 2.20. The third-order valence-electron chi connectivity index (χ3n) is 3.73. The number of hydrogen-bond donors (Lipinski definition) is 2. The van der Waals surface area contributed by atoms with Crippen molar-refractivity contribution >= 4 is 17.5 Å². The molecule has 1 aliphatic carbocycles. The Labute approximate surface area is 129 Å². The number of carboxylic acid groups (broad SMARTS) is 1. The molecule has 1 aliphatic rings. The van der Waals surface area contributed by atoms with Crippen LogP contribution in [0.3, 0.4) is 0 Å². The molecule has 0 fully saturated rings. The fourth-order valence-electron chi connectivity index (χ4n) is 2.50. The number of benzene rings is 1. The predicted molar refractivity (Wildman–Crippen MR) is 81.9 cm³/mol. The van der Waals surface area contributed by atoms with E-state index in [1.54, 1.807) is 31.2 Å². The van der Waals surface area contributed by atoms with Crippen molar-refractivity contribution in [3.8, 4) is 0 Å². The molecule has 0 unspecified atom stereocenters. The van der Waals surface area contributed by atoms with E-state index >= 15 is 0 Å². The number of carbonyl (C=O) groups is 3. The SMILES string of the molecule is CC1=C(NCCCCCC(=O)O)C(=O)c2ccccc2C1=O. The van der Waals surface area contributed by atoms with Gasteiger partial charge in [-0.05, 0) is 19.8 Å². The van der Waals surface area contributed by atoms with E-state index in [9.17, 15) is 14.4 Å². The normalized spacial score (nSPS) is 14.0. The molecule has 0 heterocycles. The maximum atomic E-state index is 12.4. The predicted octanol–water partition coefficient (Wildman–Crippen LogP) is 2.57. The highest BCUT2D eigenvalue weighted by atomic mass is 16.4. The van der Waals surface area contributed by atoms with Crippen molar-refractivity contribution in [3.05, 3.63) is 46.7 Å². The lowest BCUT2D eigenvalue weighted by Crippen LogP contribution is -2.30. The quantitative estimate of drug-likeness (QED) is 0.756. The topological polar surface area (TPSA) is 83.5 Å². The van der Waals surface area contributed by atoms with Gasteiger partial charge in [0.2, 0.25) is 5.78 Å². The second-order valence-corrected chi connectivity index (χ2v) is 5.34. The minimum Gasteiger partial charge on any atom is -0.481 e. The van der Waals surface area contributed by atoms with Gasteiger partial charge in [0.1, 0.15) is 0 Å². The summed E-state index contributed by atoms with van der Waals surface area (Å²) < 4.78 is 0. The van der Waals surface area contributed by atoms with Crippen molar-refractivity contribution < 1.29 is 19.5 Å². The summed E-state index contributed by atoms with van der Waals surface area (Å²) in [5.74, 6) is -1.07. The fraction of sp³-hybridized carbons (Fsp3) is 0.353. The van der Waals surface area contributed by atoms with Crippen molar-refractivity contribution in [2.24, 2.45) is 0 Å². The van der Waals surface area contributed by atoms with Crippen molar-refractivity contribution in [3.63, 3.8) is 0 Å². The molecule has 22 heavy (non-hydrogen) atoms. The molecule has 0 saturated carbocycles. The molecule has 0 spiro atoms. The average Bonchev–Trinajstić information content (AvgIpc) is 2.51. The molecule has 0 radical (unpaired) electrons. The van der Waals surface area contributed by atoms with Crippen molar-refractivity contribution in [1.82, 2.24) is 5.32 Å². The number of nitrogens with one attached hydrogen (secondary N) is 1. The summed E-state index contributed by atoms with van der Waals surface area (Å²) in [6.07, 6.45) is 2.30. The maximum absolute atomic E-state index is 12.4. The molecular formula is C17H19NO4. The zero-order valence-electron chi connectivity index (χ0n) is 12.5. The smallest absolute Gasteiger partial charge is 0.303 e. The lowest BCUT2D eigenvalue weighted by molar-refractivity contribution is -0.137. The lowest BCUT2D eigenvalue weighted by atomic mass is 9.88. The Morgan fingerprint density at radius 1 is 1.05 bits per heavy atom. The van der Waals surface area contributed by atoms with Crippen LogP contribution in [0.25, 0.3) is 0 Å². The number of carboxylic acids is 1. The van der Waals surface area contributed by atoms with E-state index in [0.717, 1.165) is 12.8 Å². The maximum Gasteiger partial charge on any atom is 0.303 e. The van der Waals surface area contributed by atoms with Gasteiger partial charge in [0.05, 0.1) is 5.70 Å². The standard InChI is InChI=1S/C17H19NO4/c1-11-15(18-10-6-2-3-9-14(19)20)17(22)13-8-5-4-7-12(13)16(11)21/h4-5,7-8,18H,2-3,6,9-10H2,1H3,(H,19,20). The van der Waals surface area contributed by atoms with Gasteiger partial charge in [-0.25, -0.2) is 0 Å². The number of ketones is 2. The van der Waals surface area contributed by atoms with E-state index in [2.05, 4.69) is 5.32 Å². The molecule has 0 saturated heterocycles. The van der Waals surface area contributed by atoms with Crippen LogP contribution in [-0.2, 0) is 4.79 Å². The van der Waals surface area contributed by atoms with E-state index in [0.29, 0.717) is 35.4 Å². The van der Waals surface area contributed by atoms with Gasteiger partial charge < -0.3 is 10.4 Å². The van der Waals surface area contributed by atoms with Crippen molar-refractivity contribution in [2.75, 3.05) is 6.54 Å². The van der Waals surface area contributed by atoms with Gasteiger partial charge in [-0.15, -0.1) is 0 Å². The second kappa shape index (κ2) is 7.02. The first-order chi connectivity index (χ1) is 10.5. The first kappa shape index (κ1) is 15.9. The number of carbonyl (C=O) groups excluding carboxylic acids is 2. The van der Waals surface area contributed by atoms with Gasteiger partial charge in [0.25, 0.3) is 0 Å². The summed E-state index contributed by atoms with van der Waals surface area (Å²) in [5, 5.41) is 11.6. The van der Waals surface area contributed by atoms with Gasteiger partial charge in [-0.2, -0.15) is 0 Å². The highest BCUT2D eigenvalue weighted by Gasteiger charge is 2.29. The summed E-state index contributed by atoms with van der Waals surface area (Å²) in [5.41, 5.74) is 1.69. The monoisotopic (exact) mass is 301 g/mol. The Balaban J connectivity index is 1.96. The van der Waals surface area contributed by atoms with Crippen molar-refractivity contribution in [2.45, 2.75) is 32.6 Å². The minimum atomic E-state index is -0.795. The Kier molecular flexibility index (Phi) is 5.09. The van der Waals surface area contributed by atoms with Crippen LogP contribution in [0.5, 0.6) is 0 Å². The van der Waals surface area contributed by atoms with E-state index in [-0.39, 0.29) is 18.0 Å². The van der Waals surface area contributed by atoms with Crippen LogP contribution in [0, 0.1) is 0 Å². The number of Topliss-reactive ketones (excluding diaryl/α,β-unsaturated/α-hetero) is 2. The zero-order valence-corrected chi connectivity index (χ0v) is 12.5. The van der Waals surface area contributed by atoms with E-state index in [1.807, 2.05) is 0 Å². The van der Waals surface area contributed by atoms with Crippen LogP contribution >= 0.6 is 0 Å². The van der Waals surface area contributed by atoms with Gasteiger partial charge in [0, 0.05) is 29.7 Å². The first-order valence-corrected chi connectivity index (χ1v) is 7.37. The fourth-order valence-corrected chi connectivity index (χ4v) is 2.50. The molecule has 5 nitrogen and oxygen atoms in total. The molecule has 1 aromatic rings. The molecule has 2 N–H and O–H groups in total. The summed E-state index contributed by atoms with van der Waals surface area (Å²) in [7, 11) is 0. The Bertz CT molecular complexity index is 646. The first-order valence-electron chi connectivity index (χ1n) is 7.37. The molecule has 2 rings (SSSR count). The van der Waals surface area contributed by atoms with Crippen LogP contribution in [0.4, 0.5) is 0 Å². The Morgan fingerprint density at radius 3 is 2.32 bits per heavy atom. The molecule has 0 atom stereocenters. The molecule has 0 aromatic heterocycles. The average molecular weight is 301 g/mol. The summed E-state index contributed by atoms with van der Waals surface area (Å²) >= 11 is 0. The zero-order chi connectivity index (χ0) is 16.1. The van der Waals surface area contributed by atoms with Crippen LogP contribution in [-0.4, -0.2) is 29.2 Å². The summed E-state index contributed by atoms with van der Waals surface area (Å²) in [6, 6.07) is 6.82. The van der Waals surface area contributed by atoms with Gasteiger partial charge >= 0.3 is 5.97 Å². The second-order valence-electron chi connectivity index (χ2n) is 5.34. The largest absolute Gasteiger partial charge is 0.481 e. The lowest BCUT2D eigenvalue weighted by Gasteiger charge is -2.20.